The SMILES string of the molecule is c1ccc(-c2ccc(-n3c4cccc5c4c4c(cc6c7ccccc7n(-c7nc(-c8ccccc8)nc(-c8ccccc8)n7)c6c43)CC5)cc2)cc1. The average Bonchev–Trinajstić information content (AvgIpc) is 3.75. The summed E-state index contributed by atoms with van der Waals surface area (Å²) in [4.78, 5) is 15.6. The zero-order valence-corrected chi connectivity index (χ0v) is 28.2. The van der Waals surface area contributed by atoms with Crippen molar-refractivity contribution >= 4 is 43.6 Å². The van der Waals surface area contributed by atoms with Crippen molar-refractivity contribution in [1.82, 2.24) is 24.1 Å². The summed E-state index contributed by atoms with van der Waals surface area (Å²) >= 11 is 0. The second-order valence-electron chi connectivity index (χ2n) is 13.6. The van der Waals surface area contributed by atoms with Crippen molar-refractivity contribution in [2.24, 2.45) is 0 Å². The maximum absolute atomic E-state index is 5.27. The van der Waals surface area contributed by atoms with Gasteiger partial charge in [-0.15, -0.1) is 0 Å². The van der Waals surface area contributed by atoms with Gasteiger partial charge in [0, 0.05) is 38.4 Å². The van der Waals surface area contributed by atoms with E-state index in [1.54, 1.807) is 0 Å². The Kier molecular flexibility index (Phi) is 6.31. The van der Waals surface area contributed by atoms with Crippen LogP contribution in [0.5, 0.6) is 0 Å². The zero-order valence-electron chi connectivity index (χ0n) is 28.2. The van der Waals surface area contributed by atoms with Crippen LogP contribution in [0.3, 0.4) is 0 Å². The predicted octanol–water partition coefficient (Wildman–Crippen LogP) is 11.2. The molecule has 0 N–H and O–H groups in total. The van der Waals surface area contributed by atoms with Gasteiger partial charge in [0.2, 0.25) is 5.95 Å². The van der Waals surface area contributed by atoms with E-state index in [9.17, 15) is 0 Å². The lowest BCUT2D eigenvalue weighted by Crippen LogP contribution is -2.07. The van der Waals surface area contributed by atoms with E-state index >= 15 is 0 Å². The highest BCUT2D eigenvalue weighted by molar-refractivity contribution is 6.25. The number of hydrogen-bond donors (Lipinski definition) is 0. The van der Waals surface area contributed by atoms with Crippen molar-refractivity contribution in [3.63, 3.8) is 0 Å². The van der Waals surface area contributed by atoms with Gasteiger partial charge in [0.05, 0.1) is 22.1 Å². The smallest absolute Gasteiger partial charge is 0.238 e. The first-order chi connectivity index (χ1) is 25.8. The molecule has 0 amide bonds. The van der Waals surface area contributed by atoms with E-state index in [2.05, 4.69) is 137 Å². The Balaban J connectivity index is 1.29. The Morgan fingerprint density at radius 2 is 0.962 bits per heavy atom. The first kappa shape index (κ1) is 28.9. The maximum Gasteiger partial charge on any atom is 0.238 e. The van der Waals surface area contributed by atoms with Crippen LogP contribution in [0.4, 0.5) is 0 Å². The van der Waals surface area contributed by atoms with Gasteiger partial charge in [0.1, 0.15) is 0 Å². The number of aromatic nitrogens is 5. The molecule has 1 aliphatic carbocycles. The van der Waals surface area contributed by atoms with Crippen LogP contribution in [-0.4, -0.2) is 24.1 Å². The molecule has 0 atom stereocenters. The van der Waals surface area contributed by atoms with Gasteiger partial charge in [-0.1, -0.05) is 133 Å². The molecule has 3 heterocycles. The number of hydrogen-bond acceptors (Lipinski definition) is 3. The third kappa shape index (κ3) is 4.32. The number of fused-ring (bicyclic) bond motifs is 4. The Bertz CT molecular complexity index is 2920. The second-order valence-corrected chi connectivity index (χ2v) is 13.6. The van der Waals surface area contributed by atoms with E-state index in [0.29, 0.717) is 17.6 Å². The number of benzene rings is 7. The minimum Gasteiger partial charge on any atom is -0.307 e. The second kappa shape index (κ2) is 11.3. The summed E-state index contributed by atoms with van der Waals surface area (Å²) in [5.74, 6) is 1.88. The van der Waals surface area contributed by atoms with Crippen LogP contribution in [0.1, 0.15) is 11.1 Å². The number of para-hydroxylation sites is 1. The van der Waals surface area contributed by atoms with E-state index in [-0.39, 0.29) is 0 Å². The molecular formula is C47H31N5. The van der Waals surface area contributed by atoms with E-state index in [1.807, 2.05) is 36.4 Å². The first-order valence-corrected chi connectivity index (χ1v) is 17.8. The summed E-state index contributed by atoms with van der Waals surface area (Å²) in [5, 5.41) is 5.05. The van der Waals surface area contributed by atoms with Gasteiger partial charge in [-0.25, -0.2) is 4.98 Å². The third-order valence-corrected chi connectivity index (χ3v) is 10.6. The van der Waals surface area contributed by atoms with Gasteiger partial charge in [-0.2, -0.15) is 9.97 Å². The fourth-order valence-electron chi connectivity index (χ4n) is 8.32. The standard InChI is InChI=1S/C47H31N5/c1-4-13-30(14-5-1)31-25-27-36(28-26-31)51-40-22-12-19-32-23-24-35-29-38-37-20-10-11-21-39(37)52(43(38)44(51)42(35)41(32)40)47-49-45(33-15-6-2-7-16-33)48-46(50-47)34-17-8-3-9-18-34/h1-22,25-29H,23-24H2. The fraction of sp³-hybridized carbons (Fsp3) is 0.0426. The lowest BCUT2D eigenvalue weighted by atomic mass is 9.90. The summed E-state index contributed by atoms with van der Waals surface area (Å²) in [5.41, 5.74) is 12.8. The number of nitrogens with zero attached hydrogens (tertiary/aromatic N) is 5. The van der Waals surface area contributed by atoms with Crippen LogP contribution < -0.4 is 0 Å². The molecule has 0 spiro atoms. The highest BCUT2D eigenvalue weighted by Crippen LogP contribution is 2.46. The minimum atomic E-state index is 0.599. The normalized spacial score (nSPS) is 12.5. The first-order valence-electron chi connectivity index (χ1n) is 17.8. The summed E-state index contributed by atoms with van der Waals surface area (Å²) in [7, 11) is 0. The quantitative estimate of drug-likeness (QED) is 0.184. The molecule has 1 aliphatic rings. The molecule has 10 aromatic rings. The lowest BCUT2D eigenvalue weighted by molar-refractivity contribution is 0.952. The Morgan fingerprint density at radius 1 is 0.385 bits per heavy atom. The molecule has 244 valence electrons. The molecule has 0 saturated carbocycles. The highest BCUT2D eigenvalue weighted by Gasteiger charge is 2.28. The van der Waals surface area contributed by atoms with Crippen LogP contribution >= 0.6 is 0 Å². The Morgan fingerprint density at radius 3 is 1.65 bits per heavy atom. The molecule has 0 aliphatic heterocycles. The van der Waals surface area contributed by atoms with Gasteiger partial charge >= 0.3 is 0 Å². The monoisotopic (exact) mass is 665 g/mol. The Hall–Kier alpha value is -6.85. The van der Waals surface area contributed by atoms with E-state index in [0.717, 1.165) is 40.7 Å². The third-order valence-electron chi connectivity index (χ3n) is 10.6. The average molecular weight is 666 g/mol. The molecule has 5 heteroatoms. The number of aryl methyl sites for hydroxylation is 2. The van der Waals surface area contributed by atoms with E-state index in [1.165, 1.54) is 54.8 Å². The molecule has 3 aromatic heterocycles. The van der Waals surface area contributed by atoms with Crippen molar-refractivity contribution in [2.75, 3.05) is 0 Å². The summed E-state index contributed by atoms with van der Waals surface area (Å²) in [6, 6.07) is 57.9. The summed E-state index contributed by atoms with van der Waals surface area (Å²) < 4.78 is 4.76. The largest absolute Gasteiger partial charge is 0.307 e. The Labute approximate surface area is 300 Å². The van der Waals surface area contributed by atoms with Crippen LogP contribution in [0.25, 0.3) is 89.2 Å². The molecule has 0 radical (unpaired) electrons. The van der Waals surface area contributed by atoms with Crippen molar-refractivity contribution in [3.05, 3.63) is 175 Å². The lowest BCUT2D eigenvalue weighted by Gasteiger charge is -2.15. The zero-order chi connectivity index (χ0) is 34.2. The molecule has 0 fully saturated rings. The molecule has 52 heavy (non-hydrogen) atoms. The van der Waals surface area contributed by atoms with Crippen LogP contribution in [0, 0.1) is 0 Å². The van der Waals surface area contributed by atoms with Gasteiger partial charge in [0.25, 0.3) is 0 Å². The van der Waals surface area contributed by atoms with E-state index in [4.69, 9.17) is 15.0 Å². The maximum atomic E-state index is 5.27. The molecular weight excluding hydrogens is 635 g/mol. The van der Waals surface area contributed by atoms with Crippen molar-refractivity contribution in [1.29, 1.82) is 0 Å². The van der Waals surface area contributed by atoms with Gasteiger partial charge < -0.3 is 4.57 Å². The van der Waals surface area contributed by atoms with Crippen LogP contribution in [-0.2, 0) is 12.8 Å². The molecule has 7 aromatic carbocycles. The van der Waals surface area contributed by atoms with Crippen molar-refractivity contribution in [2.45, 2.75) is 12.8 Å². The topological polar surface area (TPSA) is 48.5 Å². The highest BCUT2D eigenvalue weighted by atomic mass is 15.2. The summed E-state index contributed by atoms with van der Waals surface area (Å²) in [6.07, 6.45) is 2.02. The van der Waals surface area contributed by atoms with Crippen molar-refractivity contribution < 1.29 is 0 Å². The molecule has 0 bridgehead atoms. The fourth-order valence-corrected chi connectivity index (χ4v) is 8.32. The minimum absolute atomic E-state index is 0.599. The van der Waals surface area contributed by atoms with Crippen LogP contribution in [0.2, 0.25) is 0 Å². The molecule has 0 saturated heterocycles. The van der Waals surface area contributed by atoms with E-state index < -0.39 is 0 Å². The summed E-state index contributed by atoms with van der Waals surface area (Å²) in [6.45, 7) is 0. The van der Waals surface area contributed by atoms with Crippen molar-refractivity contribution in [3.8, 4) is 45.5 Å². The molecule has 11 rings (SSSR count). The number of rotatable bonds is 5. The predicted molar refractivity (Wildman–Crippen MR) is 212 cm³/mol. The molecule has 0 unspecified atom stereocenters. The van der Waals surface area contributed by atoms with Gasteiger partial charge in [-0.05, 0) is 65.4 Å². The van der Waals surface area contributed by atoms with Crippen LogP contribution in [0.15, 0.2) is 164 Å². The van der Waals surface area contributed by atoms with Gasteiger partial charge in [-0.3, -0.25) is 4.57 Å². The van der Waals surface area contributed by atoms with Gasteiger partial charge in [0.15, 0.2) is 11.6 Å². The molecule has 5 nitrogen and oxygen atoms in total.